The standard InChI is InChI=1S/C12H16BrN3O3/c1-15(2)11(17)8-7-14-5-6-16(8)12(18)9-3-4-10(13)19-9/h3-4,8,14H,5-7H2,1-2H3. The first kappa shape index (κ1) is 14.1. The van der Waals surface area contributed by atoms with Gasteiger partial charge in [0.15, 0.2) is 10.4 Å². The van der Waals surface area contributed by atoms with Gasteiger partial charge in [0.25, 0.3) is 5.91 Å². The Hall–Kier alpha value is -1.34. The lowest BCUT2D eigenvalue weighted by molar-refractivity contribution is -0.134. The fraction of sp³-hybridized carbons (Fsp3) is 0.500. The van der Waals surface area contributed by atoms with Crippen LogP contribution >= 0.6 is 15.9 Å². The first-order chi connectivity index (χ1) is 9.00. The fourth-order valence-corrected chi connectivity index (χ4v) is 2.34. The molecule has 104 valence electrons. The highest BCUT2D eigenvalue weighted by molar-refractivity contribution is 9.10. The maximum absolute atomic E-state index is 12.4. The number of hydrogen-bond donors (Lipinski definition) is 1. The SMILES string of the molecule is CN(C)C(=O)C1CNCCN1C(=O)c1ccc(Br)o1. The molecule has 1 N–H and O–H groups in total. The highest BCUT2D eigenvalue weighted by Gasteiger charge is 2.34. The lowest BCUT2D eigenvalue weighted by atomic mass is 10.1. The number of carbonyl (C=O) groups is 2. The van der Waals surface area contributed by atoms with Gasteiger partial charge in [-0.1, -0.05) is 0 Å². The summed E-state index contributed by atoms with van der Waals surface area (Å²) in [6, 6.07) is 2.78. The van der Waals surface area contributed by atoms with Crippen molar-refractivity contribution in [3.63, 3.8) is 0 Å². The van der Waals surface area contributed by atoms with Crippen LogP contribution in [0.15, 0.2) is 21.2 Å². The first-order valence-electron chi connectivity index (χ1n) is 5.99. The number of carbonyl (C=O) groups excluding carboxylic acids is 2. The molecule has 0 saturated carbocycles. The van der Waals surface area contributed by atoms with Crippen LogP contribution in [0.3, 0.4) is 0 Å². The Morgan fingerprint density at radius 1 is 1.47 bits per heavy atom. The molecule has 1 aromatic heterocycles. The number of likely N-dealkylation sites (N-methyl/N-ethyl adjacent to an activating group) is 1. The number of furan rings is 1. The van der Waals surface area contributed by atoms with Crippen LogP contribution < -0.4 is 5.32 Å². The van der Waals surface area contributed by atoms with E-state index in [1.165, 1.54) is 4.90 Å². The van der Waals surface area contributed by atoms with Crippen LogP contribution in [0.2, 0.25) is 0 Å². The Bertz CT molecular complexity index is 486. The van der Waals surface area contributed by atoms with Crippen LogP contribution in [0.5, 0.6) is 0 Å². The summed E-state index contributed by atoms with van der Waals surface area (Å²) in [6.45, 7) is 1.62. The second kappa shape index (κ2) is 5.75. The van der Waals surface area contributed by atoms with Gasteiger partial charge in [-0.25, -0.2) is 0 Å². The average molecular weight is 330 g/mol. The van der Waals surface area contributed by atoms with Gasteiger partial charge < -0.3 is 19.5 Å². The van der Waals surface area contributed by atoms with Crippen molar-refractivity contribution in [2.75, 3.05) is 33.7 Å². The smallest absolute Gasteiger partial charge is 0.290 e. The lowest BCUT2D eigenvalue weighted by Crippen LogP contribution is -2.59. The van der Waals surface area contributed by atoms with Crippen LogP contribution in [-0.4, -0.2) is 61.4 Å². The molecule has 0 bridgehead atoms. The highest BCUT2D eigenvalue weighted by atomic mass is 79.9. The van der Waals surface area contributed by atoms with E-state index in [1.54, 1.807) is 31.1 Å². The number of halogens is 1. The summed E-state index contributed by atoms with van der Waals surface area (Å²) in [6.07, 6.45) is 0. The van der Waals surface area contributed by atoms with E-state index < -0.39 is 6.04 Å². The van der Waals surface area contributed by atoms with Crippen LogP contribution in [0.25, 0.3) is 0 Å². The van der Waals surface area contributed by atoms with Crippen LogP contribution in [0.1, 0.15) is 10.6 Å². The third-order valence-electron chi connectivity index (χ3n) is 3.01. The molecule has 2 heterocycles. The van der Waals surface area contributed by atoms with Crippen molar-refractivity contribution < 1.29 is 14.0 Å². The molecule has 0 spiro atoms. The lowest BCUT2D eigenvalue weighted by Gasteiger charge is -2.35. The van der Waals surface area contributed by atoms with E-state index in [-0.39, 0.29) is 17.6 Å². The van der Waals surface area contributed by atoms with E-state index in [0.717, 1.165) is 0 Å². The highest BCUT2D eigenvalue weighted by Crippen LogP contribution is 2.18. The minimum Gasteiger partial charge on any atom is -0.444 e. The normalized spacial score (nSPS) is 19.3. The molecule has 1 unspecified atom stereocenters. The number of nitrogens with one attached hydrogen (secondary N) is 1. The minimum atomic E-state index is -0.486. The molecule has 6 nitrogen and oxygen atoms in total. The molecule has 0 aromatic carbocycles. The Kier molecular flexibility index (Phi) is 4.26. The van der Waals surface area contributed by atoms with E-state index in [1.807, 2.05) is 0 Å². The quantitative estimate of drug-likeness (QED) is 0.860. The van der Waals surface area contributed by atoms with E-state index in [4.69, 9.17) is 4.42 Å². The van der Waals surface area contributed by atoms with E-state index in [9.17, 15) is 9.59 Å². The Morgan fingerprint density at radius 3 is 2.79 bits per heavy atom. The van der Waals surface area contributed by atoms with Crippen LogP contribution in [-0.2, 0) is 4.79 Å². The fourth-order valence-electron chi connectivity index (χ4n) is 2.04. The summed E-state index contributed by atoms with van der Waals surface area (Å²) in [5.74, 6) is -0.107. The summed E-state index contributed by atoms with van der Waals surface area (Å²) < 4.78 is 5.77. The number of rotatable bonds is 2. The van der Waals surface area contributed by atoms with Gasteiger partial charge in [0.05, 0.1) is 0 Å². The van der Waals surface area contributed by atoms with Crippen LogP contribution in [0.4, 0.5) is 0 Å². The molecule has 1 saturated heterocycles. The molecule has 1 atom stereocenters. The molecule has 7 heteroatoms. The maximum atomic E-state index is 12.4. The monoisotopic (exact) mass is 329 g/mol. The van der Waals surface area contributed by atoms with Gasteiger partial charge >= 0.3 is 0 Å². The molecule has 2 amide bonds. The maximum Gasteiger partial charge on any atom is 0.290 e. The molecule has 1 aliphatic heterocycles. The summed E-state index contributed by atoms with van der Waals surface area (Å²) in [7, 11) is 3.37. The van der Waals surface area contributed by atoms with Gasteiger partial charge in [0, 0.05) is 33.7 Å². The third-order valence-corrected chi connectivity index (χ3v) is 3.44. The minimum absolute atomic E-state index is 0.0915. The average Bonchev–Trinajstić information content (AvgIpc) is 2.83. The van der Waals surface area contributed by atoms with Gasteiger partial charge in [-0.15, -0.1) is 0 Å². The summed E-state index contributed by atoms with van der Waals surface area (Å²) in [5.41, 5.74) is 0. The Labute approximate surface area is 119 Å². The molecule has 1 aliphatic rings. The van der Waals surface area contributed by atoms with E-state index >= 15 is 0 Å². The van der Waals surface area contributed by atoms with Crippen molar-refractivity contribution in [2.45, 2.75) is 6.04 Å². The van der Waals surface area contributed by atoms with Gasteiger partial charge in [-0.2, -0.15) is 0 Å². The molecule has 0 radical (unpaired) electrons. The van der Waals surface area contributed by atoms with Gasteiger partial charge in [-0.3, -0.25) is 9.59 Å². The van der Waals surface area contributed by atoms with Crippen LogP contribution in [0, 0.1) is 0 Å². The third kappa shape index (κ3) is 2.98. The van der Waals surface area contributed by atoms with Crippen molar-refractivity contribution in [3.8, 4) is 0 Å². The molecule has 1 aromatic rings. The second-order valence-corrected chi connectivity index (χ2v) is 5.34. The Morgan fingerprint density at radius 2 is 2.21 bits per heavy atom. The van der Waals surface area contributed by atoms with Crippen molar-refractivity contribution in [1.29, 1.82) is 0 Å². The first-order valence-corrected chi connectivity index (χ1v) is 6.78. The van der Waals surface area contributed by atoms with Crippen molar-refractivity contribution in [3.05, 3.63) is 22.6 Å². The van der Waals surface area contributed by atoms with Crippen molar-refractivity contribution in [2.24, 2.45) is 0 Å². The largest absolute Gasteiger partial charge is 0.444 e. The zero-order valence-corrected chi connectivity index (χ0v) is 12.4. The second-order valence-electron chi connectivity index (χ2n) is 4.55. The molecular formula is C12H16BrN3O3. The van der Waals surface area contributed by atoms with Gasteiger partial charge in [0.2, 0.25) is 5.91 Å². The number of hydrogen-bond acceptors (Lipinski definition) is 4. The zero-order chi connectivity index (χ0) is 14.0. The molecular weight excluding hydrogens is 314 g/mol. The topological polar surface area (TPSA) is 65.8 Å². The van der Waals surface area contributed by atoms with Crippen molar-refractivity contribution >= 4 is 27.7 Å². The summed E-state index contributed by atoms with van der Waals surface area (Å²) in [5, 5.41) is 3.13. The van der Waals surface area contributed by atoms with E-state index in [0.29, 0.717) is 24.3 Å². The molecule has 2 rings (SSSR count). The number of piperazine rings is 1. The zero-order valence-electron chi connectivity index (χ0n) is 10.9. The summed E-state index contributed by atoms with van der Waals surface area (Å²) in [4.78, 5) is 27.5. The van der Waals surface area contributed by atoms with Crippen molar-refractivity contribution in [1.82, 2.24) is 15.1 Å². The van der Waals surface area contributed by atoms with E-state index in [2.05, 4.69) is 21.2 Å². The number of amides is 2. The summed E-state index contributed by atoms with van der Waals surface area (Å²) >= 11 is 3.17. The van der Waals surface area contributed by atoms with Gasteiger partial charge in [0.1, 0.15) is 6.04 Å². The number of nitrogens with zero attached hydrogens (tertiary/aromatic N) is 2. The van der Waals surface area contributed by atoms with Gasteiger partial charge in [-0.05, 0) is 28.1 Å². The Balaban J connectivity index is 2.20. The predicted molar refractivity (Wildman–Crippen MR) is 72.8 cm³/mol. The molecule has 1 fully saturated rings. The molecule has 19 heavy (non-hydrogen) atoms. The molecule has 0 aliphatic carbocycles. The predicted octanol–water partition coefficient (Wildman–Crippen LogP) is 0.544.